The first-order valence-corrected chi connectivity index (χ1v) is 8.67. The van der Waals surface area contributed by atoms with Crippen LogP contribution in [0.5, 0.6) is 0 Å². The van der Waals surface area contributed by atoms with E-state index in [2.05, 4.69) is 15.4 Å². The van der Waals surface area contributed by atoms with Crippen LogP contribution in [-0.4, -0.2) is 14.8 Å². The molecule has 2 aromatic heterocycles. The number of halogens is 3. The quantitative estimate of drug-likeness (QED) is 0.523. The number of aryl methyl sites for hydroxylation is 1. The highest BCUT2D eigenvalue weighted by Gasteiger charge is 2.30. The minimum atomic E-state index is -4.34. The first-order chi connectivity index (χ1) is 13.4. The summed E-state index contributed by atoms with van der Waals surface area (Å²) in [5.74, 6) is 0. The van der Waals surface area contributed by atoms with Crippen molar-refractivity contribution in [2.45, 2.75) is 12.7 Å². The Morgan fingerprint density at radius 2 is 1.86 bits per heavy atom. The third kappa shape index (κ3) is 3.83. The van der Waals surface area contributed by atoms with Crippen molar-refractivity contribution in [3.8, 4) is 11.1 Å². The largest absolute Gasteiger partial charge is 0.416 e. The van der Waals surface area contributed by atoms with Crippen LogP contribution in [0, 0.1) is 0 Å². The van der Waals surface area contributed by atoms with Crippen molar-refractivity contribution < 1.29 is 13.2 Å². The highest BCUT2D eigenvalue weighted by molar-refractivity contribution is 5.86. The number of hydrogen-bond donors (Lipinski definition) is 1. The Hall–Kier alpha value is -3.35. The van der Waals surface area contributed by atoms with Crippen LogP contribution >= 0.6 is 0 Å². The Morgan fingerprint density at radius 1 is 1.00 bits per heavy atom. The predicted octanol–water partition coefficient (Wildman–Crippen LogP) is 5.27. The van der Waals surface area contributed by atoms with E-state index in [4.69, 9.17) is 0 Å². The summed E-state index contributed by atoms with van der Waals surface area (Å²) in [5, 5.41) is 8.30. The number of rotatable bonds is 4. The van der Waals surface area contributed by atoms with Crippen LogP contribution in [-0.2, 0) is 19.8 Å². The van der Waals surface area contributed by atoms with Gasteiger partial charge < -0.3 is 5.32 Å². The molecule has 0 fully saturated rings. The number of nitrogens with one attached hydrogen (secondary N) is 1. The molecular formula is C21H17F3N4. The van der Waals surface area contributed by atoms with Gasteiger partial charge in [-0.2, -0.15) is 18.3 Å². The number of benzene rings is 2. The zero-order valence-corrected chi connectivity index (χ0v) is 15.0. The summed E-state index contributed by atoms with van der Waals surface area (Å²) in [5.41, 5.74) is 3.51. The van der Waals surface area contributed by atoms with Crippen LogP contribution in [0.2, 0.25) is 0 Å². The molecule has 28 heavy (non-hydrogen) atoms. The Balaban J connectivity index is 1.56. The summed E-state index contributed by atoms with van der Waals surface area (Å²) in [6.45, 7) is 0.297. The summed E-state index contributed by atoms with van der Waals surface area (Å²) < 4.78 is 40.3. The van der Waals surface area contributed by atoms with Gasteiger partial charge >= 0.3 is 6.18 Å². The molecule has 2 aromatic carbocycles. The topological polar surface area (TPSA) is 42.7 Å². The first kappa shape index (κ1) is 18.0. The Morgan fingerprint density at radius 3 is 2.61 bits per heavy atom. The van der Waals surface area contributed by atoms with Crippen LogP contribution in [0.15, 0.2) is 67.1 Å². The lowest BCUT2D eigenvalue weighted by molar-refractivity contribution is -0.137. The van der Waals surface area contributed by atoms with Gasteiger partial charge in [-0.3, -0.25) is 9.67 Å². The van der Waals surface area contributed by atoms with Crippen LogP contribution in [0.1, 0.15) is 11.1 Å². The normalized spacial score (nSPS) is 11.7. The molecule has 4 nitrogen and oxygen atoms in total. The second kappa shape index (κ2) is 6.99. The van der Waals surface area contributed by atoms with Crippen LogP contribution in [0.25, 0.3) is 22.0 Å². The van der Waals surface area contributed by atoms with Crippen LogP contribution in [0.4, 0.5) is 18.9 Å². The van der Waals surface area contributed by atoms with Gasteiger partial charge in [-0.05, 0) is 42.0 Å². The van der Waals surface area contributed by atoms with E-state index >= 15 is 0 Å². The van der Waals surface area contributed by atoms with E-state index < -0.39 is 11.7 Å². The molecule has 142 valence electrons. The van der Waals surface area contributed by atoms with Crippen LogP contribution in [0.3, 0.4) is 0 Å². The summed E-state index contributed by atoms with van der Waals surface area (Å²) in [4.78, 5) is 4.48. The Bertz CT molecular complexity index is 1130. The molecule has 0 aliphatic carbocycles. The highest BCUT2D eigenvalue weighted by atomic mass is 19.4. The lowest BCUT2D eigenvalue weighted by Crippen LogP contribution is -2.06. The second-order valence-electron chi connectivity index (χ2n) is 6.59. The number of nitrogens with zero attached hydrogens (tertiary/aromatic N) is 3. The molecule has 0 bridgehead atoms. The molecule has 4 aromatic rings. The average molecular weight is 382 g/mol. The van der Waals surface area contributed by atoms with Gasteiger partial charge in [0.2, 0.25) is 0 Å². The summed E-state index contributed by atoms with van der Waals surface area (Å²) in [6.07, 6.45) is 1.15. The van der Waals surface area contributed by atoms with Gasteiger partial charge in [-0.1, -0.05) is 12.1 Å². The van der Waals surface area contributed by atoms with Gasteiger partial charge in [0.05, 0.1) is 17.3 Å². The van der Waals surface area contributed by atoms with Crippen LogP contribution < -0.4 is 5.32 Å². The van der Waals surface area contributed by atoms with Gasteiger partial charge in [-0.15, -0.1) is 0 Å². The Labute approximate surface area is 159 Å². The lowest BCUT2D eigenvalue weighted by atomic mass is 10.1. The summed E-state index contributed by atoms with van der Waals surface area (Å²) >= 11 is 0. The van der Waals surface area contributed by atoms with E-state index in [0.717, 1.165) is 39.8 Å². The molecule has 0 aliphatic heterocycles. The minimum absolute atomic E-state index is 0.297. The van der Waals surface area contributed by atoms with Crippen molar-refractivity contribution in [3.63, 3.8) is 0 Å². The molecule has 2 heterocycles. The van der Waals surface area contributed by atoms with E-state index in [1.165, 1.54) is 6.07 Å². The maximum absolute atomic E-state index is 12.9. The molecule has 1 N–H and O–H groups in total. The van der Waals surface area contributed by atoms with Gasteiger partial charge in [0.25, 0.3) is 0 Å². The monoisotopic (exact) mass is 382 g/mol. The maximum atomic E-state index is 12.9. The first-order valence-electron chi connectivity index (χ1n) is 8.67. The number of alkyl halides is 3. The molecule has 0 saturated carbocycles. The Kier molecular flexibility index (Phi) is 4.50. The third-order valence-electron chi connectivity index (χ3n) is 4.47. The molecule has 4 rings (SSSR count). The summed E-state index contributed by atoms with van der Waals surface area (Å²) in [7, 11) is 1.85. The van der Waals surface area contributed by atoms with E-state index in [1.54, 1.807) is 23.1 Å². The van der Waals surface area contributed by atoms with Crippen molar-refractivity contribution in [2.24, 2.45) is 7.05 Å². The van der Waals surface area contributed by atoms with Crippen molar-refractivity contribution in [2.75, 3.05) is 5.32 Å². The maximum Gasteiger partial charge on any atom is 0.416 e. The smallest absolute Gasteiger partial charge is 0.381 e. The number of hydrogen-bond acceptors (Lipinski definition) is 3. The van der Waals surface area contributed by atoms with E-state index in [-0.39, 0.29) is 0 Å². The van der Waals surface area contributed by atoms with Gasteiger partial charge in [-0.25, -0.2) is 0 Å². The number of fused-ring (bicyclic) bond motifs is 1. The molecule has 7 heteroatoms. The number of anilines is 1. The molecule has 0 radical (unpaired) electrons. The fourth-order valence-electron chi connectivity index (χ4n) is 3.03. The zero-order valence-electron chi connectivity index (χ0n) is 15.0. The van der Waals surface area contributed by atoms with E-state index in [1.807, 2.05) is 37.5 Å². The zero-order chi connectivity index (χ0) is 19.7. The third-order valence-corrected chi connectivity index (χ3v) is 4.47. The fourth-order valence-corrected chi connectivity index (χ4v) is 3.03. The molecule has 0 atom stereocenters. The van der Waals surface area contributed by atoms with E-state index in [9.17, 15) is 13.2 Å². The van der Waals surface area contributed by atoms with Gasteiger partial charge in [0, 0.05) is 48.2 Å². The highest BCUT2D eigenvalue weighted by Crippen LogP contribution is 2.30. The van der Waals surface area contributed by atoms with Crippen molar-refractivity contribution in [1.82, 2.24) is 14.8 Å². The fraction of sp³-hybridized carbons (Fsp3) is 0.143. The SMILES string of the molecule is Cn1cc(-c2cnc3ccc(NCc4cccc(C(F)(F)F)c4)cc3c2)cn1. The predicted molar refractivity (Wildman–Crippen MR) is 103 cm³/mol. The van der Waals surface area contributed by atoms with E-state index in [0.29, 0.717) is 12.1 Å². The van der Waals surface area contributed by atoms with Crippen molar-refractivity contribution in [3.05, 3.63) is 78.2 Å². The molecule has 0 amide bonds. The van der Waals surface area contributed by atoms with Gasteiger partial charge in [0.15, 0.2) is 0 Å². The lowest BCUT2D eigenvalue weighted by Gasteiger charge is -2.11. The molecule has 0 aliphatic rings. The molecule has 0 saturated heterocycles. The number of aromatic nitrogens is 3. The number of pyridine rings is 1. The standard InChI is InChI=1S/C21H17F3N4/c1-28-13-17(12-27-28)16-8-15-9-19(5-6-20(15)26-11-16)25-10-14-3-2-4-18(7-14)21(22,23)24/h2-9,11-13,25H,10H2,1H3. The minimum Gasteiger partial charge on any atom is -0.381 e. The molecule has 0 spiro atoms. The average Bonchev–Trinajstić information content (AvgIpc) is 3.12. The van der Waals surface area contributed by atoms with Crippen molar-refractivity contribution in [1.29, 1.82) is 0 Å². The van der Waals surface area contributed by atoms with Gasteiger partial charge in [0.1, 0.15) is 0 Å². The van der Waals surface area contributed by atoms with Crippen molar-refractivity contribution >= 4 is 16.6 Å². The summed E-state index contributed by atoms with van der Waals surface area (Å²) in [6, 6.07) is 13.0. The molecule has 0 unspecified atom stereocenters. The second-order valence-corrected chi connectivity index (χ2v) is 6.59. The molecular weight excluding hydrogens is 365 g/mol.